The predicted octanol–water partition coefficient (Wildman–Crippen LogP) is -0.335. The van der Waals surface area contributed by atoms with Crippen molar-refractivity contribution in [3.63, 3.8) is 0 Å². The highest BCUT2D eigenvalue weighted by atomic mass is 16.7. The Bertz CT molecular complexity index is 645. The van der Waals surface area contributed by atoms with E-state index >= 15 is 0 Å². The Morgan fingerprint density at radius 2 is 1.78 bits per heavy atom. The lowest BCUT2D eigenvalue weighted by Crippen LogP contribution is -2.61. The molecule has 1 aliphatic rings. The van der Waals surface area contributed by atoms with E-state index in [9.17, 15) is 24.9 Å². The van der Waals surface area contributed by atoms with Gasteiger partial charge in [-0.1, -0.05) is 30.3 Å². The molecule has 1 aliphatic heterocycles. The van der Waals surface area contributed by atoms with Gasteiger partial charge >= 0.3 is 11.9 Å². The molecule has 150 valence electrons. The Morgan fingerprint density at radius 3 is 2.33 bits per heavy atom. The van der Waals surface area contributed by atoms with Crippen molar-refractivity contribution in [2.24, 2.45) is 5.41 Å². The summed E-state index contributed by atoms with van der Waals surface area (Å²) in [7, 11) is 0. The predicted molar refractivity (Wildman–Crippen MR) is 90.3 cm³/mol. The quantitative estimate of drug-likeness (QED) is 0.367. The van der Waals surface area contributed by atoms with Crippen molar-refractivity contribution < 1.29 is 44.2 Å². The lowest BCUT2D eigenvalue weighted by molar-refractivity contribution is -0.307. The van der Waals surface area contributed by atoms with Crippen LogP contribution in [0.15, 0.2) is 30.3 Å². The molecule has 1 heterocycles. The second-order valence-electron chi connectivity index (χ2n) is 6.80. The van der Waals surface area contributed by atoms with Crippen molar-refractivity contribution in [1.82, 2.24) is 0 Å². The summed E-state index contributed by atoms with van der Waals surface area (Å²) in [5.74, 6) is -2.56. The van der Waals surface area contributed by atoms with Crippen LogP contribution in [0, 0.1) is 5.41 Å². The number of carboxylic acid groups (broad SMARTS) is 1. The van der Waals surface area contributed by atoms with Gasteiger partial charge in [0.05, 0.1) is 13.2 Å². The Balaban J connectivity index is 2.12. The van der Waals surface area contributed by atoms with Crippen LogP contribution in [0.5, 0.6) is 0 Å². The monoisotopic (exact) mass is 384 g/mol. The number of aliphatic hydroxyl groups is 3. The number of ether oxygens (including phenoxy) is 3. The molecule has 0 spiro atoms. The molecule has 0 aliphatic carbocycles. The van der Waals surface area contributed by atoms with E-state index in [-0.39, 0.29) is 6.61 Å². The summed E-state index contributed by atoms with van der Waals surface area (Å²) in [6, 6.07) is 9.01. The van der Waals surface area contributed by atoms with Crippen molar-refractivity contribution in [3.8, 4) is 0 Å². The average Bonchev–Trinajstić information content (AvgIpc) is 2.65. The van der Waals surface area contributed by atoms with Gasteiger partial charge in [0.25, 0.3) is 0 Å². The number of hydrogen-bond acceptors (Lipinski definition) is 8. The van der Waals surface area contributed by atoms with Crippen LogP contribution >= 0.6 is 0 Å². The van der Waals surface area contributed by atoms with Gasteiger partial charge in [0.1, 0.15) is 18.3 Å². The normalized spacial score (nSPS) is 28.6. The third-order valence-corrected chi connectivity index (χ3v) is 4.37. The van der Waals surface area contributed by atoms with Gasteiger partial charge in [0.15, 0.2) is 17.8 Å². The summed E-state index contributed by atoms with van der Waals surface area (Å²) in [6.45, 7) is 1.74. The topological polar surface area (TPSA) is 143 Å². The van der Waals surface area contributed by atoms with Crippen LogP contribution in [0.25, 0.3) is 0 Å². The van der Waals surface area contributed by atoms with Crippen molar-refractivity contribution in [1.29, 1.82) is 0 Å². The van der Waals surface area contributed by atoms with E-state index in [1.807, 2.05) is 6.07 Å². The number of carbonyl (C=O) groups excluding carboxylic acids is 1. The van der Waals surface area contributed by atoms with E-state index < -0.39 is 54.7 Å². The SMILES string of the molecule is CC(C)(C(=O)O)C(=O)OC1C(O)C(CO)OC(OCc2ccccc2)C1O. The molecule has 1 saturated heterocycles. The Kier molecular flexibility index (Phi) is 6.90. The first-order valence-electron chi connectivity index (χ1n) is 8.41. The average molecular weight is 384 g/mol. The second-order valence-corrected chi connectivity index (χ2v) is 6.80. The fraction of sp³-hybridized carbons (Fsp3) is 0.556. The molecule has 9 heteroatoms. The highest BCUT2D eigenvalue weighted by Crippen LogP contribution is 2.28. The minimum absolute atomic E-state index is 0.0676. The van der Waals surface area contributed by atoms with Crippen molar-refractivity contribution in [3.05, 3.63) is 35.9 Å². The smallest absolute Gasteiger partial charge is 0.323 e. The molecule has 1 aromatic rings. The molecular formula is C18H24O9. The molecule has 1 aromatic carbocycles. The van der Waals surface area contributed by atoms with Gasteiger partial charge in [-0.2, -0.15) is 0 Å². The Hall–Kier alpha value is -2.04. The third kappa shape index (κ3) is 4.82. The maximum atomic E-state index is 12.2. The molecule has 0 radical (unpaired) electrons. The van der Waals surface area contributed by atoms with E-state index in [1.54, 1.807) is 24.3 Å². The van der Waals surface area contributed by atoms with Crippen LogP contribution in [-0.2, 0) is 30.4 Å². The summed E-state index contributed by atoms with van der Waals surface area (Å²) in [5.41, 5.74) is -1.09. The molecule has 9 nitrogen and oxygen atoms in total. The van der Waals surface area contributed by atoms with Gasteiger partial charge in [-0.05, 0) is 19.4 Å². The van der Waals surface area contributed by atoms with Gasteiger partial charge in [-0.25, -0.2) is 0 Å². The molecule has 0 bridgehead atoms. The fourth-order valence-corrected chi connectivity index (χ4v) is 2.44. The molecule has 0 amide bonds. The zero-order valence-corrected chi connectivity index (χ0v) is 15.0. The summed E-state index contributed by atoms with van der Waals surface area (Å²) >= 11 is 0. The maximum absolute atomic E-state index is 12.2. The van der Waals surface area contributed by atoms with E-state index in [0.717, 1.165) is 19.4 Å². The largest absolute Gasteiger partial charge is 0.480 e. The van der Waals surface area contributed by atoms with Gasteiger partial charge in [-0.15, -0.1) is 0 Å². The highest BCUT2D eigenvalue weighted by molar-refractivity contribution is 5.98. The zero-order valence-electron chi connectivity index (χ0n) is 15.0. The molecule has 0 aromatic heterocycles. The second kappa shape index (κ2) is 8.77. The molecule has 0 saturated carbocycles. The van der Waals surface area contributed by atoms with E-state index in [1.165, 1.54) is 0 Å². The standard InChI is InChI=1S/C18H24O9/c1-18(2,16(22)23)17(24)27-14-12(20)11(8-19)26-15(13(14)21)25-9-10-6-4-3-5-7-10/h3-7,11-15,19-21H,8-9H2,1-2H3,(H,22,23). The van der Waals surface area contributed by atoms with Gasteiger partial charge in [0, 0.05) is 0 Å². The molecule has 27 heavy (non-hydrogen) atoms. The maximum Gasteiger partial charge on any atom is 0.323 e. The van der Waals surface area contributed by atoms with Crippen molar-refractivity contribution in [2.45, 2.75) is 51.2 Å². The fourth-order valence-electron chi connectivity index (χ4n) is 2.44. The molecular weight excluding hydrogens is 360 g/mol. The molecule has 2 rings (SSSR count). The first-order valence-corrected chi connectivity index (χ1v) is 8.41. The zero-order chi connectivity index (χ0) is 20.2. The van der Waals surface area contributed by atoms with Gasteiger partial charge < -0.3 is 34.6 Å². The number of hydrogen-bond donors (Lipinski definition) is 4. The number of aliphatic carboxylic acids is 1. The van der Waals surface area contributed by atoms with Crippen molar-refractivity contribution >= 4 is 11.9 Å². The Labute approximate surface area is 156 Å². The summed E-state index contributed by atoms with van der Waals surface area (Å²) in [4.78, 5) is 23.4. The Morgan fingerprint density at radius 1 is 1.15 bits per heavy atom. The number of carboxylic acids is 1. The molecule has 4 N–H and O–H groups in total. The first-order chi connectivity index (χ1) is 12.7. The minimum atomic E-state index is -1.88. The van der Waals surface area contributed by atoms with E-state index in [0.29, 0.717) is 0 Å². The number of benzene rings is 1. The van der Waals surface area contributed by atoms with Gasteiger partial charge in [-0.3, -0.25) is 9.59 Å². The van der Waals surface area contributed by atoms with Crippen LogP contribution in [0.4, 0.5) is 0 Å². The van der Waals surface area contributed by atoms with Crippen LogP contribution < -0.4 is 0 Å². The number of esters is 1. The summed E-state index contributed by atoms with van der Waals surface area (Å²) < 4.78 is 15.9. The van der Waals surface area contributed by atoms with E-state index in [2.05, 4.69) is 0 Å². The highest BCUT2D eigenvalue weighted by Gasteiger charge is 2.49. The lowest BCUT2D eigenvalue weighted by atomic mass is 9.93. The van der Waals surface area contributed by atoms with E-state index in [4.69, 9.17) is 19.3 Å². The summed E-state index contributed by atoms with van der Waals surface area (Å²) in [6.07, 6.45) is -7.14. The first kappa shape index (κ1) is 21.3. The lowest BCUT2D eigenvalue weighted by Gasteiger charge is -2.41. The van der Waals surface area contributed by atoms with Crippen LogP contribution in [-0.4, -0.2) is 69.7 Å². The van der Waals surface area contributed by atoms with Crippen LogP contribution in [0.2, 0.25) is 0 Å². The van der Waals surface area contributed by atoms with Gasteiger partial charge in [0.2, 0.25) is 0 Å². The summed E-state index contributed by atoms with van der Waals surface area (Å²) in [5, 5.41) is 39.2. The molecule has 5 atom stereocenters. The number of rotatable bonds is 7. The number of aliphatic hydroxyl groups excluding tert-OH is 3. The third-order valence-electron chi connectivity index (χ3n) is 4.37. The molecule has 5 unspecified atom stereocenters. The van der Waals surface area contributed by atoms with Crippen molar-refractivity contribution in [2.75, 3.05) is 6.61 Å². The molecule has 1 fully saturated rings. The minimum Gasteiger partial charge on any atom is -0.480 e. The van der Waals surface area contributed by atoms with Crippen LogP contribution in [0.3, 0.4) is 0 Å². The number of carbonyl (C=O) groups is 2. The van der Waals surface area contributed by atoms with Crippen LogP contribution in [0.1, 0.15) is 19.4 Å².